The number of benzene rings is 2. The van der Waals surface area contributed by atoms with E-state index >= 15 is 0 Å². The maximum absolute atomic E-state index is 13.8. The van der Waals surface area contributed by atoms with E-state index in [9.17, 15) is 22.0 Å². The van der Waals surface area contributed by atoms with Crippen molar-refractivity contribution in [2.45, 2.75) is 37.1 Å². The quantitative estimate of drug-likeness (QED) is 0.669. The van der Waals surface area contributed by atoms with Crippen LogP contribution in [0.5, 0.6) is 5.75 Å². The van der Waals surface area contributed by atoms with Crippen LogP contribution in [0.15, 0.2) is 41.3 Å². The molecular formula is C21H25F2N3O4S. The van der Waals surface area contributed by atoms with E-state index < -0.39 is 33.6 Å². The van der Waals surface area contributed by atoms with Crippen LogP contribution in [0.25, 0.3) is 0 Å². The standard InChI is InChI=1S/C21H25F2N3O4S/c1-14(21(27)25-18-12-15(22)6-8-17(18)23)24-16-7-9-19(30-2)20(13-16)31(28,29)26-10-4-3-5-11-26/h6-9,12-14,24H,3-5,10-11H2,1-2H3,(H,25,27). The number of nitrogens with one attached hydrogen (secondary N) is 2. The van der Waals surface area contributed by atoms with Gasteiger partial charge in [0.25, 0.3) is 0 Å². The second-order valence-electron chi connectivity index (χ2n) is 7.31. The molecule has 1 atom stereocenters. The molecule has 3 rings (SSSR count). The summed E-state index contributed by atoms with van der Waals surface area (Å²) < 4.78 is 60.0. The highest BCUT2D eigenvalue weighted by atomic mass is 32.2. The largest absolute Gasteiger partial charge is 0.495 e. The Morgan fingerprint density at radius 3 is 2.48 bits per heavy atom. The molecule has 0 bridgehead atoms. The van der Waals surface area contributed by atoms with Gasteiger partial charge in [0, 0.05) is 24.8 Å². The molecule has 2 aromatic rings. The molecule has 1 amide bonds. The van der Waals surface area contributed by atoms with Crippen molar-refractivity contribution in [3.05, 3.63) is 48.0 Å². The van der Waals surface area contributed by atoms with Gasteiger partial charge in [-0.1, -0.05) is 6.42 Å². The fourth-order valence-electron chi connectivity index (χ4n) is 3.36. The number of nitrogens with zero attached hydrogens (tertiary/aromatic N) is 1. The summed E-state index contributed by atoms with van der Waals surface area (Å²) >= 11 is 0. The fourth-order valence-corrected chi connectivity index (χ4v) is 5.06. The highest BCUT2D eigenvalue weighted by molar-refractivity contribution is 7.89. The van der Waals surface area contributed by atoms with Crippen LogP contribution in [0.2, 0.25) is 0 Å². The molecule has 0 spiro atoms. The summed E-state index contributed by atoms with van der Waals surface area (Å²) in [6.07, 6.45) is 2.59. The van der Waals surface area contributed by atoms with Crippen molar-refractivity contribution in [1.29, 1.82) is 0 Å². The molecule has 0 radical (unpaired) electrons. The summed E-state index contributed by atoms with van der Waals surface area (Å²) in [6, 6.07) is 6.41. The summed E-state index contributed by atoms with van der Waals surface area (Å²) in [4.78, 5) is 12.4. The Hall–Kier alpha value is -2.72. The lowest BCUT2D eigenvalue weighted by Crippen LogP contribution is -2.36. The smallest absolute Gasteiger partial charge is 0.246 e. The third-order valence-corrected chi connectivity index (χ3v) is 6.98. The van der Waals surface area contributed by atoms with Gasteiger partial charge in [-0.3, -0.25) is 4.79 Å². The number of carbonyl (C=O) groups is 1. The molecular weight excluding hydrogens is 428 g/mol. The SMILES string of the molecule is COc1ccc(NC(C)C(=O)Nc2cc(F)ccc2F)cc1S(=O)(=O)N1CCCCC1. The number of hydrogen-bond acceptors (Lipinski definition) is 5. The lowest BCUT2D eigenvalue weighted by molar-refractivity contribution is -0.116. The van der Waals surface area contributed by atoms with Crippen LogP contribution in [0, 0.1) is 11.6 Å². The molecule has 1 fully saturated rings. The second kappa shape index (κ2) is 9.61. The van der Waals surface area contributed by atoms with Crippen molar-refractivity contribution in [3.8, 4) is 5.75 Å². The first-order valence-corrected chi connectivity index (χ1v) is 11.4. The first-order chi connectivity index (χ1) is 14.7. The molecule has 7 nitrogen and oxygen atoms in total. The van der Waals surface area contributed by atoms with E-state index in [1.807, 2.05) is 0 Å². The van der Waals surface area contributed by atoms with Crippen molar-refractivity contribution in [3.63, 3.8) is 0 Å². The van der Waals surface area contributed by atoms with Crippen LogP contribution in [0.4, 0.5) is 20.2 Å². The number of anilines is 2. The average molecular weight is 454 g/mol. The first-order valence-electron chi connectivity index (χ1n) is 9.93. The number of amides is 1. The molecule has 1 aliphatic rings. The molecule has 31 heavy (non-hydrogen) atoms. The van der Waals surface area contributed by atoms with Gasteiger partial charge in [-0.15, -0.1) is 0 Å². The predicted octanol–water partition coefficient (Wildman–Crippen LogP) is 3.59. The van der Waals surface area contributed by atoms with Crippen molar-refractivity contribution in [2.75, 3.05) is 30.8 Å². The highest BCUT2D eigenvalue weighted by Gasteiger charge is 2.29. The lowest BCUT2D eigenvalue weighted by Gasteiger charge is -2.27. The van der Waals surface area contributed by atoms with Crippen molar-refractivity contribution in [1.82, 2.24) is 4.31 Å². The number of rotatable bonds is 7. The van der Waals surface area contributed by atoms with E-state index in [1.54, 1.807) is 6.07 Å². The van der Waals surface area contributed by atoms with Crippen LogP contribution in [0.3, 0.4) is 0 Å². The van der Waals surface area contributed by atoms with Gasteiger partial charge >= 0.3 is 0 Å². The molecule has 1 unspecified atom stereocenters. The minimum absolute atomic E-state index is 0.00526. The van der Waals surface area contributed by atoms with Crippen LogP contribution in [0.1, 0.15) is 26.2 Å². The van der Waals surface area contributed by atoms with E-state index in [-0.39, 0.29) is 16.3 Å². The van der Waals surface area contributed by atoms with Crippen LogP contribution < -0.4 is 15.4 Å². The van der Waals surface area contributed by atoms with Gasteiger partial charge in [-0.25, -0.2) is 17.2 Å². The number of ether oxygens (including phenoxy) is 1. The van der Waals surface area contributed by atoms with Crippen molar-refractivity contribution < 1.29 is 26.7 Å². The molecule has 1 heterocycles. The molecule has 2 N–H and O–H groups in total. The Balaban J connectivity index is 1.79. The Kier molecular flexibility index (Phi) is 7.11. The summed E-state index contributed by atoms with van der Waals surface area (Å²) in [7, 11) is -2.38. The Morgan fingerprint density at radius 1 is 1.10 bits per heavy atom. The maximum Gasteiger partial charge on any atom is 0.246 e. The fraction of sp³-hybridized carbons (Fsp3) is 0.381. The number of carbonyl (C=O) groups excluding carboxylic acids is 1. The van der Waals surface area contributed by atoms with Crippen molar-refractivity contribution in [2.24, 2.45) is 0 Å². The minimum Gasteiger partial charge on any atom is -0.495 e. The van der Waals surface area contributed by atoms with Gasteiger partial charge in [0.15, 0.2) is 0 Å². The average Bonchev–Trinajstić information content (AvgIpc) is 2.76. The van der Waals surface area contributed by atoms with E-state index in [0.717, 1.165) is 37.5 Å². The zero-order valence-electron chi connectivity index (χ0n) is 17.3. The number of hydrogen-bond donors (Lipinski definition) is 2. The number of sulfonamides is 1. The molecule has 1 saturated heterocycles. The summed E-state index contributed by atoms with van der Waals surface area (Å²) in [5.41, 5.74) is 0.0977. The third kappa shape index (κ3) is 5.31. The van der Waals surface area contributed by atoms with E-state index in [4.69, 9.17) is 4.74 Å². The molecule has 0 saturated carbocycles. The van der Waals surface area contributed by atoms with E-state index in [2.05, 4.69) is 10.6 Å². The number of methoxy groups -OCH3 is 1. The van der Waals surface area contributed by atoms with Gasteiger partial charge in [0.05, 0.1) is 12.8 Å². The molecule has 168 valence electrons. The van der Waals surface area contributed by atoms with Gasteiger partial charge in [0.1, 0.15) is 28.3 Å². The van der Waals surface area contributed by atoms with E-state index in [0.29, 0.717) is 18.8 Å². The van der Waals surface area contributed by atoms with Crippen molar-refractivity contribution >= 4 is 27.3 Å². The molecule has 2 aromatic carbocycles. The molecule has 10 heteroatoms. The maximum atomic E-state index is 13.8. The number of halogens is 2. The summed E-state index contributed by atoms with van der Waals surface area (Å²) in [6.45, 7) is 2.41. The molecule has 0 aromatic heterocycles. The van der Waals surface area contributed by atoms with Crippen LogP contribution in [-0.4, -0.2) is 44.9 Å². The predicted molar refractivity (Wildman–Crippen MR) is 114 cm³/mol. The second-order valence-corrected chi connectivity index (χ2v) is 9.22. The summed E-state index contributed by atoms with van der Waals surface area (Å²) in [5, 5.41) is 5.22. The Morgan fingerprint density at radius 2 is 1.81 bits per heavy atom. The Labute approximate surface area is 180 Å². The van der Waals surface area contributed by atoms with Gasteiger partial charge in [-0.05, 0) is 50.1 Å². The van der Waals surface area contributed by atoms with Gasteiger partial charge < -0.3 is 15.4 Å². The van der Waals surface area contributed by atoms with Crippen LogP contribution >= 0.6 is 0 Å². The first kappa shape index (κ1) is 23.0. The lowest BCUT2D eigenvalue weighted by atomic mass is 10.2. The monoisotopic (exact) mass is 453 g/mol. The van der Waals surface area contributed by atoms with Gasteiger partial charge in [0.2, 0.25) is 15.9 Å². The third-order valence-electron chi connectivity index (χ3n) is 5.06. The minimum atomic E-state index is -3.77. The number of piperidine rings is 1. The highest BCUT2D eigenvalue weighted by Crippen LogP contribution is 2.31. The Bertz CT molecular complexity index is 1060. The summed E-state index contributed by atoms with van der Waals surface area (Å²) in [5.74, 6) is -1.85. The molecule has 1 aliphatic heterocycles. The van der Waals surface area contributed by atoms with Gasteiger partial charge in [-0.2, -0.15) is 4.31 Å². The van der Waals surface area contributed by atoms with E-state index in [1.165, 1.54) is 30.5 Å². The topological polar surface area (TPSA) is 87.7 Å². The zero-order chi connectivity index (χ0) is 22.6. The normalized spacial score (nSPS) is 15.9. The molecule has 0 aliphatic carbocycles. The zero-order valence-corrected chi connectivity index (χ0v) is 18.1. The van der Waals surface area contributed by atoms with Crippen LogP contribution in [-0.2, 0) is 14.8 Å².